The number of nitrogens with one attached hydrogen (secondary N) is 1. The second-order valence-electron chi connectivity index (χ2n) is 5.53. The first-order chi connectivity index (χ1) is 12.1. The Morgan fingerprint density at radius 1 is 1.28 bits per heavy atom. The molecule has 5 nitrogen and oxygen atoms in total. The minimum absolute atomic E-state index is 0.0991. The van der Waals surface area contributed by atoms with Crippen LogP contribution < -0.4 is 4.74 Å². The van der Waals surface area contributed by atoms with Crippen molar-refractivity contribution < 1.29 is 9.66 Å². The maximum Gasteiger partial charge on any atom is 0.214 e. The summed E-state index contributed by atoms with van der Waals surface area (Å²) in [5.41, 5.74) is 2.39. The zero-order chi connectivity index (χ0) is 17.8. The average Bonchev–Trinajstić information content (AvgIpc) is 3.01. The summed E-state index contributed by atoms with van der Waals surface area (Å²) in [5, 5.41) is 12.7. The van der Waals surface area contributed by atoms with Crippen LogP contribution in [0.4, 0.5) is 0 Å². The van der Waals surface area contributed by atoms with E-state index in [1.54, 1.807) is 24.4 Å². The Hall–Kier alpha value is -2.97. The zero-order valence-electron chi connectivity index (χ0n) is 13.2. The van der Waals surface area contributed by atoms with Crippen molar-refractivity contribution in [2.24, 2.45) is 0 Å². The third-order valence-corrected chi connectivity index (χ3v) is 4.22. The molecular formula is C19H15ClN2O3. The number of benzene rings is 2. The van der Waals surface area contributed by atoms with E-state index in [-0.39, 0.29) is 18.1 Å². The number of aromatic nitrogens is 1. The minimum atomic E-state index is -0.490. The third-order valence-electron chi connectivity index (χ3n) is 3.99. The molecule has 1 N–H and O–H groups in total. The van der Waals surface area contributed by atoms with Crippen molar-refractivity contribution in [3.63, 3.8) is 0 Å². The highest BCUT2D eigenvalue weighted by atomic mass is 35.5. The molecule has 0 aliphatic carbocycles. The third kappa shape index (κ3) is 3.59. The van der Waals surface area contributed by atoms with E-state index < -0.39 is 5.92 Å². The number of fused-ring (bicyclic) bond motifs is 1. The van der Waals surface area contributed by atoms with Crippen LogP contribution in [0, 0.1) is 22.5 Å². The van der Waals surface area contributed by atoms with Crippen molar-refractivity contribution in [1.82, 2.24) is 4.98 Å². The number of nitrogens with zero attached hydrogens (tertiary/aromatic N) is 1. The highest BCUT2D eigenvalue weighted by Gasteiger charge is 2.26. The van der Waals surface area contributed by atoms with Crippen LogP contribution in [0.5, 0.6) is 5.75 Å². The second-order valence-corrected chi connectivity index (χ2v) is 5.97. The molecular weight excluding hydrogens is 340 g/mol. The minimum Gasteiger partial charge on any atom is -0.481 e. The number of ether oxygens (including phenoxy) is 1. The smallest absolute Gasteiger partial charge is 0.214 e. The fourth-order valence-corrected chi connectivity index (χ4v) is 3.11. The Morgan fingerprint density at radius 2 is 2.08 bits per heavy atom. The van der Waals surface area contributed by atoms with Gasteiger partial charge in [-0.15, -0.1) is 6.42 Å². The van der Waals surface area contributed by atoms with E-state index in [0.717, 1.165) is 22.0 Å². The van der Waals surface area contributed by atoms with Gasteiger partial charge in [-0.3, -0.25) is 10.1 Å². The first-order valence-electron chi connectivity index (χ1n) is 7.63. The van der Waals surface area contributed by atoms with Crippen LogP contribution in [0.3, 0.4) is 0 Å². The predicted molar refractivity (Wildman–Crippen MR) is 97.8 cm³/mol. The predicted octanol–water partition coefficient (Wildman–Crippen LogP) is 4.24. The molecule has 0 saturated carbocycles. The molecule has 0 bridgehead atoms. The lowest BCUT2D eigenvalue weighted by molar-refractivity contribution is -0.481. The summed E-state index contributed by atoms with van der Waals surface area (Å²) in [5.74, 6) is 2.47. The van der Waals surface area contributed by atoms with Crippen LogP contribution >= 0.6 is 11.6 Å². The molecule has 1 aromatic heterocycles. The summed E-state index contributed by atoms with van der Waals surface area (Å²) >= 11 is 6.11. The second kappa shape index (κ2) is 7.29. The van der Waals surface area contributed by atoms with E-state index in [1.165, 1.54) is 0 Å². The zero-order valence-corrected chi connectivity index (χ0v) is 14.0. The molecule has 0 amide bonds. The molecule has 2 aromatic carbocycles. The van der Waals surface area contributed by atoms with Gasteiger partial charge in [0.1, 0.15) is 12.4 Å². The molecule has 0 unspecified atom stereocenters. The van der Waals surface area contributed by atoms with Crippen LogP contribution in [0.15, 0.2) is 48.7 Å². The van der Waals surface area contributed by atoms with Gasteiger partial charge in [0.15, 0.2) is 0 Å². The average molecular weight is 355 g/mol. The quantitative estimate of drug-likeness (QED) is 0.409. The Labute approximate surface area is 149 Å². The van der Waals surface area contributed by atoms with Crippen molar-refractivity contribution in [3.05, 3.63) is 74.9 Å². The van der Waals surface area contributed by atoms with E-state index >= 15 is 0 Å². The fraction of sp³-hybridized carbons (Fsp3) is 0.158. The highest BCUT2D eigenvalue weighted by Crippen LogP contribution is 2.36. The molecule has 126 valence electrons. The monoisotopic (exact) mass is 354 g/mol. The summed E-state index contributed by atoms with van der Waals surface area (Å²) in [6.45, 7) is -0.169. The van der Waals surface area contributed by atoms with Crippen LogP contribution in [0.1, 0.15) is 17.0 Å². The van der Waals surface area contributed by atoms with Crippen molar-refractivity contribution in [3.8, 4) is 18.1 Å². The van der Waals surface area contributed by atoms with E-state index in [1.807, 2.05) is 24.3 Å². The van der Waals surface area contributed by atoms with Gasteiger partial charge in [-0.1, -0.05) is 35.7 Å². The first-order valence-corrected chi connectivity index (χ1v) is 8.01. The summed E-state index contributed by atoms with van der Waals surface area (Å²) in [4.78, 5) is 14.1. The number of hydrogen-bond acceptors (Lipinski definition) is 3. The Kier molecular flexibility index (Phi) is 4.92. The number of aromatic amines is 1. The van der Waals surface area contributed by atoms with Gasteiger partial charge in [0.05, 0.1) is 5.92 Å². The van der Waals surface area contributed by atoms with E-state index in [2.05, 4.69) is 10.9 Å². The maximum atomic E-state index is 11.3. The lowest BCUT2D eigenvalue weighted by Gasteiger charge is -2.17. The first kappa shape index (κ1) is 16.9. The summed E-state index contributed by atoms with van der Waals surface area (Å²) in [7, 11) is 0. The molecule has 6 heteroatoms. The summed E-state index contributed by atoms with van der Waals surface area (Å²) in [6, 6.07) is 12.7. The largest absolute Gasteiger partial charge is 0.481 e. The van der Waals surface area contributed by atoms with Gasteiger partial charge >= 0.3 is 0 Å². The van der Waals surface area contributed by atoms with Gasteiger partial charge in [-0.25, -0.2) is 0 Å². The van der Waals surface area contributed by atoms with Crippen molar-refractivity contribution in [1.29, 1.82) is 0 Å². The molecule has 0 spiro atoms. The molecule has 0 saturated heterocycles. The van der Waals surface area contributed by atoms with Crippen molar-refractivity contribution >= 4 is 22.5 Å². The topological polar surface area (TPSA) is 68.2 Å². The summed E-state index contributed by atoms with van der Waals surface area (Å²) in [6.07, 6.45) is 7.05. The van der Waals surface area contributed by atoms with Gasteiger partial charge in [-0.2, -0.15) is 0 Å². The lowest BCUT2D eigenvalue weighted by Crippen LogP contribution is -2.15. The van der Waals surface area contributed by atoms with Gasteiger partial charge in [0.2, 0.25) is 6.54 Å². The van der Waals surface area contributed by atoms with Crippen LogP contribution in [-0.4, -0.2) is 23.1 Å². The SMILES string of the molecule is C#CCOc1ccccc1[C@@H](C[N+](=O)[O-])c1c[nH]c2ccc(Cl)cc12. The number of halogens is 1. The molecule has 3 aromatic rings. The lowest BCUT2D eigenvalue weighted by atomic mass is 9.90. The van der Waals surface area contributed by atoms with E-state index in [0.29, 0.717) is 10.8 Å². The molecule has 0 aliphatic heterocycles. The number of para-hydroxylation sites is 1. The molecule has 0 radical (unpaired) electrons. The number of rotatable bonds is 6. The standard InChI is InChI=1S/C19H15ClN2O3/c1-2-9-25-19-6-4-3-5-14(19)17(12-22(23)24)16-11-21-18-8-7-13(20)10-15(16)18/h1,3-8,10-11,17,21H,9,12H2/t17-/m1/s1. The van der Waals surface area contributed by atoms with Crippen molar-refractivity contribution in [2.45, 2.75) is 5.92 Å². The maximum absolute atomic E-state index is 11.3. The highest BCUT2D eigenvalue weighted by molar-refractivity contribution is 6.31. The van der Waals surface area contributed by atoms with Crippen molar-refractivity contribution in [2.75, 3.05) is 13.2 Å². The van der Waals surface area contributed by atoms with Gasteiger partial charge in [0, 0.05) is 32.6 Å². The van der Waals surface area contributed by atoms with E-state index in [4.69, 9.17) is 22.8 Å². The van der Waals surface area contributed by atoms with Crippen LogP contribution in [-0.2, 0) is 0 Å². The number of nitro groups is 1. The van der Waals surface area contributed by atoms with E-state index in [9.17, 15) is 10.1 Å². The molecule has 0 aliphatic rings. The van der Waals surface area contributed by atoms with Gasteiger partial charge in [-0.05, 0) is 29.8 Å². The molecule has 1 heterocycles. The van der Waals surface area contributed by atoms with Gasteiger partial charge in [0.25, 0.3) is 0 Å². The normalized spacial score (nSPS) is 11.8. The molecule has 1 atom stereocenters. The van der Waals surface area contributed by atoms with Gasteiger partial charge < -0.3 is 9.72 Å². The number of terminal acetylenes is 1. The Morgan fingerprint density at radius 3 is 2.84 bits per heavy atom. The molecule has 25 heavy (non-hydrogen) atoms. The molecule has 3 rings (SSSR count). The van der Waals surface area contributed by atoms with Crippen LogP contribution in [0.25, 0.3) is 10.9 Å². The Bertz CT molecular complexity index is 959. The Balaban J connectivity index is 2.14. The van der Waals surface area contributed by atoms with Crippen LogP contribution in [0.2, 0.25) is 5.02 Å². The summed E-state index contributed by atoms with van der Waals surface area (Å²) < 4.78 is 5.59. The molecule has 0 fully saturated rings. The number of H-pyrrole nitrogens is 1. The fourth-order valence-electron chi connectivity index (χ4n) is 2.94. The number of hydrogen-bond donors (Lipinski definition) is 1.